The molecule has 19 heavy (non-hydrogen) atoms. The van der Waals surface area contributed by atoms with Crippen LogP contribution in [0.1, 0.15) is 25.1 Å². The lowest BCUT2D eigenvalue weighted by Gasteiger charge is -2.08. The van der Waals surface area contributed by atoms with Crippen LogP contribution >= 0.6 is 11.8 Å². The van der Waals surface area contributed by atoms with Crippen LogP contribution in [-0.4, -0.2) is 12.1 Å². The first-order chi connectivity index (χ1) is 9.22. The zero-order valence-electron chi connectivity index (χ0n) is 11.2. The van der Waals surface area contributed by atoms with E-state index in [4.69, 9.17) is 10.5 Å². The van der Waals surface area contributed by atoms with Crippen molar-refractivity contribution < 1.29 is 4.74 Å². The molecule has 0 radical (unpaired) electrons. The fraction of sp³-hybridized carbons (Fsp3) is 0.267. The number of nitrogens with zero attached hydrogens (tertiary/aromatic N) is 1. The van der Waals surface area contributed by atoms with Gasteiger partial charge in [-0.15, -0.1) is 0 Å². The van der Waals surface area contributed by atoms with Gasteiger partial charge in [0.2, 0.25) is 0 Å². The number of methoxy groups -OCH3 is 1. The van der Waals surface area contributed by atoms with Crippen LogP contribution in [0.4, 0.5) is 0 Å². The first kappa shape index (κ1) is 13.9. The predicted octanol–water partition coefficient (Wildman–Crippen LogP) is 3.65. The van der Waals surface area contributed by atoms with Gasteiger partial charge < -0.3 is 10.5 Å². The lowest BCUT2D eigenvalue weighted by molar-refractivity contribution is 0.414. The average Bonchev–Trinajstić information content (AvgIpc) is 2.48. The van der Waals surface area contributed by atoms with Gasteiger partial charge in [-0.05, 0) is 42.8 Å². The van der Waals surface area contributed by atoms with Gasteiger partial charge in [-0.1, -0.05) is 18.7 Å². The average molecular weight is 274 g/mol. The maximum atomic E-state index is 5.95. The molecule has 100 valence electrons. The molecule has 2 rings (SSSR count). The molecule has 0 amide bonds. The third-order valence-electron chi connectivity index (χ3n) is 2.87. The minimum absolute atomic E-state index is 0.0278. The Balaban J connectivity index is 2.06. The van der Waals surface area contributed by atoms with E-state index in [-0.39, 0.29) is 6.04 Å². The van der Waals surface area contributed by atoms with Crippen LogP contribution in [-0.2, 0) is 0 Å². The summed E-state index contributed by atoms with van der Waals surface area (Å²) in [6, 6.07) is 12.1. The summed E-state index contributed by atoms with van der Waals surface area (Å²) in [6.07, 6.45) is 2.78. The smallest absolute Gasteiger partial charge is 0.118 e. The van der Waals surface area contributed by atoms with E-state index in [0.29, 0.717) is 0 Å². The topological polar surface area (TPSA) is 48.1 Å². The van der Waals surface area contributed by atoms with Gasteiger partial charge in [-0.2, -0.15) is 0 Å². The van der Waals surface area contributed by atoms with E-state index in [1.54, 1.807) is 18.9 Å². The summed E-state index contributed by atoms with van der Waals surface area (Å²) in [5.41, 5.74) is 6.89. The molecule has 0 fully saturated rings. The highest BCUT2D eigenvalue weighted by atomic mass is 32.2. The molecular weight excluding hydrogens is 256 g/mol. The molecule has 0 bridgehead atoms. The Kier molecular flexibility index (Phi) is 4.82. The minimum atomic E-state index is 0.0278. The maximum absolute atomic E-state index is 5.95. The third-order valence-corrected chi connectivity index (χ3v) is 3.86. The Morgan fingerprint density at radius 2 is 1.84 bits per heavy atom. The fourth-order valence-corrected chi connectivity index (χ4v) is 2.45. The summed E-state index contributed by atoms with van der Waals surface area (Å²) >= 11 is 1.68. The van der Waals surface area contributed by atoms with E-state index in [2.05, 4.69) is 18.0 Å². The van der Waals surface area contributed by atoms with Crippen LogP contribution in [0, 0.1) is 0 Å². The van der Waals surface area contributed by atoms with Gasteiger partial charge in [0.25, 0.3) is 0 Å². The van der Waals surface area contributed by atoms with E-state index in [1.807, 2.05) is 36.5 Å². The molecule has 2 aromatic rings. The lowest BCUT2D eigenvalue weighted by atomic mass is 10.1. The Labute approximate surface area is 118 Å². The normalized spacial score (nSPS) is 12.2. The Hall–Kier alpha value is -1.52. The van der Waals surface area contributed by atoms with Crippen molar-refractivity contribution in [2.45, 2.75) is 29.2 Å². The number of rotatable bonds is 5. The van der Waals surface area contributed by atoms with Gasteiger partial charge in [-0.3, -0.25) is 4.98 Å². The monoisotopic (exact) mass is 274 g/mol. The molecule has 0 saturated carbocycles. The molecule has 1 aromatic heterocycles. The Morgan fingerprint density at radius 1 is 1.16 bits per heavy atom. The van der Waals surface area contributed by atoms with E-state index in [1.165, 1.54) is 0 Å². The summed E-state index contributed by atoms with van der Waals surface area (Å²) in [5, 5.41) is 0. The van der Waals surface area contributed by atoms with E-state index < -0.39 is 0 Å². The van der Waals surface area contributed by atoms with Crippen LogP contribution in [0.15, 0.2) is 52.4 Å². The minimum Gasteiger partial charge on any atom is -0.497 e. The number of nitrogens with two attached hydrogens (primary N) is 1. The van der Waals surface area contributed by atoms with E-state index >= 15 is 0 Å². The zero-order valence-corrected chi connectivity index (χ0v) is 12.0. The molecular formula is C15H18N2OS. The highest BCUT2D eigenvalue weighted by Crippen LogP contribution is 2.28. The summed E-state index contributed by atoms with van der Waals surface area (Å²) in [7, 11) is 1.67. The van der Waals surface area contributed by atoms with Crippen molar-refractivity contribution in [3.05, 3.63) is 48.3 Å². The van der Waals surface area contributed by atoms with Crippen LogP contribution in [0.3, 0.4) is 0 Å². The van der Waals surface area contributed by atoms with Gasteiger partial charge >= 0.3 is 0 Å². The summed E-state index contributed by atoms with van der Waals surface area (Å²) in [4.78, 5) is 6.68. The number of pyridine rings is 1. The van der Waals surface area contributed by atoms with Gasteiger partial charge in [-0.25, -0.2) is 0 Å². The van der Waals surface area contributed by atoms with E-state index in [0.717, 1.165) is 27.7 Å². The molecule has 1 heterocycles. The lowest BCUT2D eigenvalue weighted by Crippen LogP contribution is -2.10. The van der Waals surface area contributed by atoms with Crippen LogP contribution in [0.2, 0.25) is 0 Å². The van der Waals surface area contributed by atoms with Crippen LogP contribution in [0.25, 0.3) is 0 Å². The number of hydrogen-bond donors (Lipinski definition) is 1. The first-order valence-corrected chi connectivity index (χ1v) is 7.08. The van der Waals surface area contributed by atoms with Crippen molar-refractivity contribution in [3.63, 3.8) is 0 Å². The maximum Gasteiger partial charge on any atom is 0.118 e. The van der Waals surface area contributed by atoms with Gasteiger partial charge in [0.15, 0.2) is 0 Å². The molecule has 0 aliphatic heterocycles. The summed E-state index contributed by atoms with van der Waals surface area (Å²) in [5.74, 6) is 0.867. The molecule has 2 N–H and O–H groups in total. The van der Waals surface area contributed by atoms with Crippen molar-refractivity contribution >= 4 is 11.8 Å². The van der Waals surface area contributed by atoms with Crippen LogP contribution in [0.5, 0.6) is 5.75 Å². The van der Waals surface area contributed by atoms with Crippen molar-refractivity contribution in [1.29, 1.82) is 0 Å². The van der Waals surface area contributed by atoms with E-state index in [9.17, 15) is 0 Å². The zero-order chi connectivity index (χ0) is 13.7. The third kappa shape index (κ3) is 3.72. The van der Waals surface area contributed by atoms with Gasteiger partial charge in [0.1, 0.15) is 5.75 Å². The Morgan fingerprint density at radius 3 is 2.37 bits per heavy atom. The highest BCUT2D eigenvalue weighted by molar-refractivity contribution is 7.99. The number of benzene rings is 1. The SMILES string of the molecule is CC[C@@H](N)c1ccc(Sc2ccc(OC)cc2)cn1. The molecule has 4 heteroatoms. The highest BCUT2D eigenvalue weighted by Gasteiger charge is 2.05. The second kappa shape index (κ2) is 6.59. The quantitative estimate of drug-likeness (QED) is 0.904. The molecule has 3 nitrogen and oxygen atoms in total. The Bertz CT molecular complexity index is 511. The van der Waals surface area contributed by atoms with Crippen molar-refractivity contribution in [2.24, 2.45) is 5.73 Å². The van der Waals surface area contributed by atoms with Crippen LogP contribution < -0.4 is 10.5 Å². The van der Waals surface area contributed by atoms with Gasteiger partial charge in [0, 0.05) is 22.0 Å². The summed E-state index contributed by atoms with van der Waals surface area (Å²) < 4.78 is 5.14. The standard InChI is InChI=1S/C15H18N2OS/c1-3-14(16)15-9-8-13(10-17-15)19-12-6-4-11(18-2)5-7-12/h4-10,14H,3,16H2,1-2H3/t14-/m1/s1. The van der Waals surface area contributed by atoms with Gasteiger partial charge in [0.05, 0.1) is 12.8 Å². The molecule has 0 aliphatic rings. The number of ether oxygens (including phenoxy) is 1. The predicted molar refractivity (Wildman–Crippen MR) is 78.6 cm³/mol. The molecule has 0 spiro atoms. The number of hydrogen-bond acceptors (Lipinski definition) is 4. The molecule has 0 aliphatic carbocycles. The number of aromatic nitrogens is 1. The molecule has 1 aromatic carbocycles. The molecule has 0 unspecified atom stereocenters. The second-order valence-electron chi connectivity index (χ2n) is 4.21. The summed E-state index contributed by atoms with van der Waals surface area (Å²) in [6.45, 7) is 2.06. The first-order valence-electron chi connectivity index (χ1n) is 6.26. The molecule has 0 saturated heterocycles. The fourth-order valence-electron chi connectivity index (χ4n) is 1.66. The second-order valence-corrected chi connectivity index (χ2v) is 5.36. The molecule has 1 atom stereocenters. The van der Waals surface area contributed by atoms with Crippen molar-refractivity contribution in [3.8, 4) is 5.75 Å². The largest absolute Gasteiger partial charge is 0.497 e. The van der Waals surface area contributed by atoms with Crippen molar-refractivity contribution in [2.75, 3.05) is 7.11 Å². The van der Waals surface area contributed by atoms with Crippen molar-refractivity contribution in [1.82, 2.24) is 4.98 Å².